The molecule has 0 aromatic carbocycles. The first-order valence-corrected chi connectivity index (χ1v) is 5.52. The van der Waals surface area contributed by atoms with E-state index in [1.54, 1.807) is 0 Å². The fourth-order valence-electron chi connectivity index (χ4n) is 0.477. The van der Waals surface area contributed by atoms with E-state index in [4.69, 9.17) is 34.8 Å². The molecule has 0 heterocycles. The van der Waals surface area contributed by atoms with E-state index in [0.29, 0.717) is 0 Å². The molecule has 11 heavy (non-hydrogen) atoms. The molecule has 0 bridgehead atoms. The van der Waals surface area contributed by atoms with Gasteiger partial charge in [-0.05, 0) is 6.42 Å². The highest BCUT2D eigenvalue weighted by atomic mass is 35.5. The summed E-state index contributed by atoms with van der Waals surface area (Å²) in [6.07, 6.45) is 0.0494. The van der Waals surface area contributed by atoms with Gasteiger partial charge in [-0.1, -0.05) is 0 Å². The molecule has 1 unspecified atom stereocenters. The number of hydrogen-bond acceptors (Lipinski definition) is 2. The third-order valence-corrected chi connectivity index (χ3v) is 2.49. The average molecular weight is 244 g/mol. The first-order chi connectivity index (χ1) is 4.81. The summed E-state index contributed by atoms with van der Waals surface area (Å²) in [4.78, 5) is -0.765. The van der Waals surface area contributed by atoms with Crippen molar-refractivity contribution in [1.29, 1.82) is 0 Å². The number of rotatable bonds is 4. The van der Waals surface area contributed by atoms with Crippen molar-refractivity contribution in [2.45, 2.75) is 16.6 Å². The molecule has 0 aliphatic heterocycles. The van der Waals surface area contributed by atoms with Gasteiger partial charge in [0.1, 0.15) is 4.84 Å². The third-order valence-electron chi connectivity index (χ3n) is 0.814. The molecule has 2 nitrogen and oxygen atoms in total. The average Bonchev–Trinajstić information content (AvgIpc) is 1.53. The Balaban J connectivity index is 3.80. The van der Waals surface area contributed by atoms with Gasteiger partial charge < -0.3 is 0 Å². The van der Waals surface area contributed by atoms with Gasteiger partial charge in [0.05, 0.1) is 11.1 Å². The fraction of sp³-hybridized carbons (Fsp3) is 1.00. The van der Waals surface area contributed by atoms with E-state index in [1.807, 2.05) is 0 Å². The lowest BCUT2D eigenvalue weighted by molar-refractivity contribution is 0.549. The molecule has 0 spiro atoms. The van der Waals surface area contributed by atoms with E-state index in [9.17, 15) is 12.3 Å². The molecule has 68 valence electrons. The molecular weight excluding hydrogens is 237 g/mol. The van der Waals surface area contributed by atoms with E-state index in [2.05, 4.69) is 0 Å². The Morgan fingerprint density at radius 2 is 1.73 bits per heavy atom. The molecule has 0 saturated heterocycles. The van der Waals surface area contributed by atoms with Crippen LogP contribution in [0.25, 0.3) is 0 Å². The quantitative estimate of drug-likeness (QED) is 0.560. The summed E-state index contributed by atoms with van der Waals surface area (Å²) in [6, 6.07) is 0. The summed E-state index contributed by atoms with van der Waals surface area (Å²) in [5.74, 6) is -0.746. The van der Waals surface area contributed by atoms with Crippen molar-refractivity contribution in [3.05, 3.63) is 0 Å². The maximum absolute atomic E-state index is 11.9. The van der Waals surface area contributed by atoms with Crippen LogP contribution in [0.5, 0.6) is 0 Å². The number of halogens is 4. The van der Waals surface area contributed by atoms with Crippen LogP contribution in [0.4, 0.5) is 3.89 Å². The largest absolute Gasteiger partial charge is 0.303 e. The van der Waals surface area contributed by atoms with Crippen LogP contribution in [-0.4, -0.2) is 24.4 Å². The van der Waals surface area contributed by atoms with Crippen molar-refractivity contribution in [3.8, 4) is 0 Å². The van der Waals surface area contributed by atoms with Gasteiger partial charge in [0, 0.05) is 0 Å². The Bertz CT molecular complexity index is 203. The minimum Gasteiger partial charge on any atom is -0.195 e. The second-order valence-corrected chi connectivity index (χ2v) is 5.23. The fourth-order valence-corrected chi connectivity index (χ4v) is 2.29. The monoisotopic (exact) mass is 242 g/mol. The van der Waals surface area contributed by atoms with E-state index in [0.717, 1.165) is 0 Å². The highest BCUT2D eigenvalue weighted by Gasteiger charge is 2.18. The first-order valence-electron chi connectivity index (χ1n) is 2.66. The van der Waals surface area contributed by atoms with Gasteiger partial charge in [-0.3, -0.25) is 0 Å². The molecule has 0 aliphatic rings. The molecule has 0 aromatic heterocycles. The summed E-state index contributed by atoms with van der Waals surface area (Å²) in [6.45, 7) is 0. The highest BCUT2D eigenvalue weighted by molar-refractivity contribution is 7.86. The lowest BCUT2D eigenvalue weighted by atomic mass is 10.4. The van der Waals surface area contributed by atoms with E-state index in [-0.39, 0.29) is 6.42 Å². The summed E-state index contributed by atoms with van der Waals surface area (Å²) in [7, 11) is -4.52. The van der Waals surface area contributed by atoms with Crippen LogP contribution < -0.4 is 0 Å². The molecule has 7 heteroatoms. The van der Waals surface area contributed by atoms with Gasteiger partial charge in [-0.2, -0.15) is 8.42 Å². The van der Waals surface area contributed by atoms with E-state index >= 15 is 0 Å². The van der Waals surface area contributed by atoms with Crippen LogP contribution in [0.15, 0.2) is 0 Å². The van der Waals surface area contributed by atoms with Crippen LogP contribution in [0.1, 0.15) is 6.42 Å². The highest BCUT2D eigenvalue weighted by Crippen LogP contribution is 2.16. The minimum absolute atomic E-state index is 0.0494. The normalized spacial score (nSPS) is 15.4. The Kier molecular flexibility index (Phi) is 5.02. The summed E-state index contributed by atoms with van der Waals surface area (Å²) < 4.78 is 31.9. The maximum atomic E-state index is 11.9. The van der Waals surface area contributed by atoms with Gasteiger partial charge in [0.25, 0.3) is 0 Å². The summed E-state index contributed by atoms with van der Waals surface area (Å²) in [5.41, 5.74) is 0. The third kappa shape index (κ3) is 8.66. The zero-order valence-electron chi connectivity index (χ0n) is 5.31. The van der Waals surface area contributed by atoms with Crippen LogP contribution in [-0.2, 0) is 10.2 Å². The van der Waals surface area contributed by atoms with Crippen molar-refractivity contribution in [3.63, 3.8) is 0 Å². The van der Waals surface area contributed by atoms with Crippen molar-refractivity contribution < 1.29 is 12.3 Å². The molecule has 0 amide bonds. The second kappa shape index (κ2) is 4.70. The van der Waals surface area contributed by atoms with Crippen LogP contribution in [0, 0.1) is 0 Å². The standard InChI is InChI=1S/C4H6Cl3FO2S/c5-3(1-4(6)7)2-11(8,9)10/h3-4H,1-2H2. The minimum atomic E-state index is -4.52. The van der Waals surface area contributed by atoms with Crippen LogP contribution in [0.2, 0.25) is 0 Å². The van der Waals surface area contributed by atoms with Crippen molar-refractivity contribution >= 4 is 45.0 Å². The zero-order valence-corrected chi connectivity index (χ0v) is 8.39. The van der Waals surface area contributed by atoms with Crippen molar-refractivity contribution in [1.82, 2.24) is 0 Å². The Morgan fingerprint density at radius 3 is 2.00 bits per heavy atom. The zero-order chi connectivity index (χ0) is 9.07. The summed E-state index contributed by atoms with van der Waals surface area (Å²) in [5, 5.41) is -0.870. The van der Waals surface area contributed by atoms with E-state index < -0.39 is 26.2 Å². The van der Waals surface area contributed by atoms with Gasteiger partial charge in [0.15, 0.2) is 0 Å². The van der Waals surface area contributed by atoms with Crippen molar-refractivity contribution in [2.75, 3.05) is 5.75 Å². The molecule has 0 aliphatic carbocycles. The Hall–Kier alpha value is 0.750. The molecule has 1 atom stereocenters. The Morgan fingerprint density at radius 1 is 1.27 bits per heavy atom. The maximum Gasteiger partial charge on any atom is 0.303 e. The molecule has 0 saturated carbocycles. The lowest BCUT2D eigenvalue weighted by Crippen LogP contribution is -2.14. The smallest absolute Gasteiger partial charge is 0.195 e. The molecule has 0 rings (SSSR count). The first kappa shape index (κ1) is 11.8. The van der Waals surface area contributed by atoms with Gasteiger partial charge >= 0.3 is 10.2 Å². The van der Waals surface area contributed by atoms with Crippen molar-refractivity contribution in [2.24, 2.45) is 0 Å². The second-order valence-electron chi connectivity index (χ2n) is 1.93. The van der Waals surface area contributed by atoms with Gasteiger partial charge in [-0.25, -0.2) is 0 Å². The van der Waals surface area contributed by atoms with Gasteiger partial charge in [-0.15, -0.1) is 38.7 Å². The predicted octanol–water partition coefficient (Wildman–Crippen LogP) is 2.09. The topological polar surface area (TPSA) is 34.1 Å². The van der Waals surface area contributed by atoms with E-state index in [1.165, 1.54) is 0 Å². The molecular formula is C4H6Cl3FO2S. The molecule has 0 aromatic rings. The number of alkyl halides is 3. The molecule has 0 fully saturated rings. The molecule has 0 N–H and O–H groups in total. The molecule has 0 radical (unpaired) electrons. The van der Waals surface area contributed by atoms with Crippen LogP contribution >= 0.6 is 34.8 Å². The summed E-state index contributed by atoms with van der Waals surface area (Å²) >= 11 is 15.9. The number of hydrogen-bond donors (Lipinski definition) is 0. The van der Waals surface area contributed by atoms with Crippen LogP contribution in [0.3, 0.4) is 0 Å². The SMILES string of the molecule is O=S(=O)(F)CC(Cl)CC(Cl)Cl. The lowest BCUT2D eigenvalue weighted by Gasteiger charge is -2.05. The van der Waals surface area contributed by atoms with Gasteiger partial charge in [0.2, 0.25) is 0 Å². The predicted molar refractivity (Wildman–Crippen MR) is 44.6 cm³/mol. The Labute approximate surface area is 79.8 Å².